The molecule has 2 rings (SSSR count). The third-order valence-electron chi connectivity index (χ3n) is 3.30. The van der Waals surface area contributed by atoms with Crippen molar-refractivity contribution in [1.82, 2.24) is 0 Å². The second-order valence-electron chi connectivity index (χ2n) is 4.73. The van der Waals surface area contributed by atoms with Crippen LogP contribution in [-0.2, 0) is 0 Å². The second kappa shape index (κ2) is 5.59. The molecule has 1 aliphatic carbocycles. The van der Waals surface area contributed by atoms with Crippen molar-refractivity contribution in [1.29, 1.82) is 0 Å². The van der Waals surface area contributed by atoms with Crippen LogP contribution in [0.2, 0.25) is 5.02 Å². The fourth-order valence-electron chi connectivity index (χ4n) is 2.20. The Bertz CT molecular complexity index is 403. The molecule has 94 valence electrons. The van der Waals surface area contributed by atoms with Gasteiger partial charge in [0.05, 0.1) is 11.8 Å². The summed E-state index contributed by atoms with van der Waals surface area (Å²) in [5.41, 5.74) is 2.12. The van der Waals surface area contributed by atoms with E-state index >= 15 is 0 Å². The quantitative estimate of drug-likeness (QED) is 0.859. The second-order valence-corrected chi connectivity index (χ2v) is 5.99. The van der Waals surface area contributed by atoms with E-state index in [2.05, 4.69) is 21.2 Å². The molecule has 0 unspecified atom stereocenters. The Morgan fingerprint density at radius 1 is 1.29 bits per heavy atom. The number of halogens is 2. The van der Waals surface area contributed by atoms with Crippen molar-refractivity contribution in [2.45, 2.75) is 44.8 Å². The third kappa shape index (κ3) is 3.36. The molecule has 1 aromatic carbocycles. The molecule has 0 spiro atoms. The molecule has 2 nitrogen and oxygen atoms in total. The maximum absolute atomic E-state index is 9.47. The van der Waals surface area contributed by atoms with E-state index in [0.717, 1.165) is 46.4 Å². The molecule has 4 heteroatoms. The summed E-state index contributed by atoms with van der Waals surface area (Å²) in [5.74, 6) is 0. The summed E-state index contributed by atoms with van der Waals surface area (Å²) < 4.78 is 1.05. The molecule has 0 aromatic heterocycles. The van der Waals surface area contributed by atoms with E-state index in [-0.39, 0.29) is 6.10 Å². The summed E-state index contributed by atoms with van der Waals surface area (Å²) in [5, 5.41) is 13.7. The van der Waals surface area contributed by atoms with E-state index in [9.17, 15) is 5.11 Å². The normalized spacial score (nSPS) is 24.7. The van der Waals surface area contributed by atoms with E-state index in [1.807, 2.05) is 19.1 Å². The van der Waals surface area contributed by atoms with Crippen LogP contribution >= 0.6 is 27.5 Å². The van der Waals surface area contributed by atoms with Crippen molar-refractivity contribution in [2.24, 2.45) is 0 Å². The largest absolute Gasteiger partial charge is 0.393 e. The molecule has 0 radical (unpaired) electrons. The van der Waals surface area contributed by atoms with Gasteiger partial charge in [-0.25, -0.2) is 0 Å². The minimum atomic E-state index is -0.113. The van der Waals surface area contributed by atoms with E-state index in [4.69, 9.17) is 11.6 Å². The smallest absolute Gasteiger partial charge is 0.0541 e. The average molecular weight is 319 g/mol. The predicted molar refractivity (Wildman–Crippen MR) is 75.8 cm³/mol. The zero-order valence-corrected chi connectivity index (χ0v) is 12.2. The van der Waals surface area contributed by atoms with E-state index < -0.39 is 0 Å². The van der Waals surface area contributed by atoms with Crippen LogP contribution < -0.4 is 5.32 Å². The Labute approximate surface area is 115 Å². The molecule has 17 heavy (non-hydrogen) atoms. The molecule has 0 saturated heterocycles. The molecule has 1 aromatic rings. The van der Waals surface area contributed by atoms with Gasteiger partial charge in [0.1, 0.15) is 0 Å². The lowest BCUT2D eigenvalue weighted by Gasteiger charge is -2.27. The van der Waals surface area contributed by atoms with Gasteiger partial charge >= 0.3 is 0 Å². The van der Waals surface area contributed by atoms with Gasteiger partial charge in [-0.15, -0.1) is 0 Å². The van der Waals surface area contributed by atoms with E-state index in [0.29, 0.717) is 6.04 Å². The molecule has 0 bridgehead atoms. The molecular formula is C13H17BrClNO. The number of anilines is 1. The number of aliphatic hydroxyl groups excluding tert-OH is 1. The Morgan fingerprint density at radius 3 is 2.59 bits per heavy atom. The Balaban J connectivity index is 2.06. The van der Waals surface area contributed by atoms with Gasteiger partial charge in [-0.05, 0) is 66.2 Å². The van der Waals surface area contributed by atoms with Crippen LogP contribution in [0.15, 0.2) is 16.6 Å². The van der Waals surface area contributed by atoms with Crippen LogP contribution in [0.5, 0.6) is 0 Å². The van der Waals surface area contributed by atoms with Crippen molar-refractivity contribution in [3.8, 4) is 0 Å². The Morgan fingerprint density at radius 2 is 1.94 bits per heavy atom. The monoisotopic (exact) mass is 317 g/mol. The lowest BCUT2D eigenvalue weighted by atomic mass is 9.93. The Kier molecular flexibility index (Phi) is 4.34. The molecule has 1 aliphatic rings. The zero-order chi connectivity index (χ0) is 12.4. The van der Waals surface area contributed by atoms with Crippen molar-refractivity contribution in [2.75, 3.05) is 5.32 Å². The first-order chi connectivity index (χ1) is 8.06. The van der Waals surface area contributed by atoms with Gasteiger partial charge in [0, 0.05) is 15.5 Å². The fraction of sp³-hybridized carbons (Fsp3) is 0.538. The third-order valence-corrected chi connectivity index (χ3v) is 4.37. The zero-order valence-electron chi connectivity index (χ0n) is 9.84. The van der Waals surface area contributed by atoms with Gasteiger partial charge < -0.3 is 10.4 Å². The molecule has 2 N–H and O–H groups in total. The van der Waals surface area contributed by atoms with Gasteiger partial charge in [-0.1, -0.05) is 11.6 Å². The van der Waals surface area contributed by atoms with Crippen LogP contribution in [0, 0.1) is 6.92 Å². The average Bonchev–Trinajstić information content (AvgIpc) is 2.29. The lowest BCUT2D eigenvalue weighted by molar-refractivity contribution is 0.126. The molecule has 0 heterocycles. The highest BCUT2D eigenvalue weighted by Gasteiger charge is 2.19. The molecule has 1 fully saturated rings. The number of rotatable bonds is 2. The van der Waals surface area contributed by atoms with Crippen molar-refractivity contribution < 1.29 is 5.11 Å². The minimum Gasteiger partial charge on any atom is -0.393 e. The topological polar surface area (TPSA) is 32.3 Å². The standard InChI is InChI=1S/C13H17BrClNO/c1-8-6-11(14)13(7-12(8)15)16-9-2-4-10(17)5-3-9/h6-7,9-10,16-17H,2-5H2,1H3. The van der Waals surface area contributed by atoms with Crippen LogP contribution in [0.4, 0.5) is 5.69 Å². The van der Waals surface area contributed by atoms with Gasteiger partial charge in [0.2, 0.25) is 0 Å². The number of aliphatic hydroxyl groups is 1. The van der Waals surface area contributed by atoms with Crippen molar-refractivity contribution >= 4 is 33.2 Å². The first kappa shape index (κ1) is 13.2. The fourth-order valence-corrected chi connectivity index (χ4v) is 2.93. The highest BCUT2D eigenvalue weighted by molar-refractivity contribution is 9.10. The van der Waals surface area contributed by atoms with Crippen molar-refractivity contribution in [3.63, 3.8) is 0 Å². The SMILES string of the molecule is Cc1cc(Br)c(NC2CCC(O)CC2)cc1Cl. The van der Waals surface area contributed by atoms with Crippen LogP contribution in [0.1, 0.15) is 31.2 Å². The maximum Gasteiger partial charge on any atom is 0.0541 e. The molecule has 0 amide bonds. The summed E-state index contributed by atoms with van der Waals surface area (Å²) in [6.45, 7) is 1.99. The van der Waals surface area contributed by atoms with Crippen LogP contribution in [-0.4, -0.2) is 17.3 Å². The summed E-state index contributed by atoms with van der Waals surface area (Å²) in [6, 6.07) is 4.43. The summed E-state index contributed by atoms with van der Waals surface area (Å²) in [6.07, 6.45) is 3.68. The molecule has 1 saturated carbocycles. The molecule has 0 atom stereocenters. The minimum absolute atomic E-state index is 0.113. The first-order valence-electron chi connectivity index (χ1n) is 5.96. The van der Waals surface area contributed by atoms with E-state index in [1.54, 1.807) is 0 Å². The number of aryl methyl sites for hydroxylation is 1. The van der Waals surface area contributed by atoms with Gasteiger partial charge in [0.25, 0.3) is 0 Å². The first-order valence-corrected chi connectivity index (χ1v) is 7.13. The van der Waals surface area contributed by atoms with Crippen LogP contribution in [0.3, 0.4) is 0 Å². The van der Waals surface area contributed by atoms with Gasteiger partial charge in [0.15, 0.2) is 0 Å². The summed E-state index contributed by atoms with van der Waals surface area (Å²) >= 11 is 9.68. The molecule has 0 aliphatic heterocycles. The van der Waals surface area contributed by atoms with Crippen molar-refractivity contribution in [3.05, 3.63) is 27.2 Å². The summed E-state index contributed by atoms with van der Waals surface area (Å²) in [4.78, 5) is 0. The van der Waals surface area contributed by atoms with Gasteiger partial charge in [-0.3, -0.25) is 0 Å². The summed E-state index contributed by atoms with van der Waals surface area (Å²) in [7, 11) is 0. The predicted octanol–water partition coefficient (Wildman–Crippen LogP) is 4.13. The van der Waals surface area contributed by atoms with E-state index in [1.165, 1.54) is 0 Å². The van der Waals surface area contributed by atoms with Gasteiger partial charge in [-0.2, -0.15) is 0 Å². The lowest BCUT2D eigenvalue weighted by Crippen LogP contribution is -2.28. The number of nitrogens with one attached hydrogen (secondary N) is 1. The highest BCUT2D eigenvalue weighted by atomic mass is 79.9. The molecular weight excluding hydrogens is 302 g/mol. The maximum atomic E-state index is 9.47. The number of hydrogen-bond acceptors (Lipinski definition) is 2. The number of benzene rings is 1. The Hall–Kier alpha value is -0.250. The highest BCUT2D eigenvalue weighted by Crippen LogP contribution is 2.31. The number of hydrogen-bond donors (Lipinski definition) is 2. The van der Waals surface area contributed by atoms with Crippen LogP contribution in [0.25, 0.3) is 0 Å².